The number of aliphatic hydroxyl groups excluding tert-OH is 1. The van der Waals surface area contributed by atoms with Crippen molar-refractivity contribution in [1.29, 1.82) is 0 Å². The molecule has 1 heterocycles. The highest BCUT2D eigenvalue weighted by molar-refractivity contribution is 5.41. The van der Waals surface area contributed by atoms with Crippen molar-refractivity contribution in [3.8, 4) is 0 Å². The maximum Gasteiger partial charge on any atom is 0.287 e. The van der Waals surface area contributed by atoms with E-state index in [4.69, 9.17) is 5.11 Å². The summed E-state index contributed by atoms with van der Waals surface area (Å²) in [6.45, 7) is 0.695. The zero-order valence-corrected chi connectivity index (χ0v) is 8.87. The smallest absolute Gasteiger partial charge is 0.287 e. The summed E-state index contributed by atoms with van der Waals surface area (Å²) >= 11 is 0. The SMILES string of the molecule is CCNc1cncc(NCC(F)(F)CO)n1. The minimum atomic E-state index is -3.16. The molecule has 16 heavy (non-hydrogen) atoms. The third-order valence-corrected chi connectivity index (χ3v) is 1.75. The van der Waals surface area contributed by atoms with Gasteiger partial charge in [-0.25, -0.2) is 13.8 Å². The lowest BCUT2D eigenvalue weighted by Crippen LogP contribution is -2.31. The lowest BCUT2D eigenvalue weighted by atomic mass is 10.3. The van der Waals surface area contributed by atoms with E-state index in [9.17, 15) is 8.78 Å². The van der Waals surface area contributed by atoms with Gasteiger partial charge in [-0.15, -0.1) is 0 Å². The largest absolute Gasteiger partial charge is 0.390 e. The van der Waals surface area contributed by atoms with E-state index in [-0.39, 0.29) is 5.82 Å². The number of aromatic nitrogens is 2. The van der Waals surface area contributed by atoms with Gasteiger partial charge in [0.25, 0.3) is 5.92 Å². The lowest BCUT2D eigenvalue weighted by molar-refractivity contribution is -0.0373. The second-order valence-electron chi connectivity index (χ2n) is 3.19. The van der Waals surface area contributed by atoms with Crippen molar-refractivity contribution < 1.29 is 13.9 Å². The third-order valence-electron chi connectivity index (χ3n) is 1.75. The van der Waals surface area contributed by atoms with Crippen molar-refractivity contribution >= 4 is 11.6 Å². The van der Waals surface area contributed by atoms with Crippen molar-refractivity contribution in [3.63, 3.8) is 0 Å². The molecule has 5 nitrogen and oxygen atoms in total. The molecule has 0 radical (unpaired) electrons. The maximum atomic E-state index is 12.7. The van der Waals surface area contributed by atoms with Crippen LogP contribution in [0.1, 0.15) is 6.92 Å². The molecule has 0 amide bonds. The number of halogens is 2. The number of alkyl halides is 2. The summed E-state index contributed by atoms with van der Waals surface area (Å²) in [6.07, 6.45) is 2.84. The third kappa shape index (κ3) is 3.93. The summed E-state index contributed by atoms with van der Waals surface area (Å²) in [5.74, 6) is -2.40. The van der Waals surface area contributed by atoms with E-state index >= 15 is 0 Å². The van der Waals surface area contributed by atoms with Gasteiger partial charge in [0.1, 0.15) is 18.2 Å². The normalized spacial score (nSPS) is 11.2. The molecule has 0 atom stereocenters. The van der Waals surface area contributed by atoms with Gasteiger partial charge in [-0.3, -0.25) is 4.98 Å². The van der Waals surface area contributed by atoms with Crippen molar-refractivity contribution in [2.45, 2.75) is 12.8 Å². The highest BCUT2D eigenvalue weighted by atomic mass is 19.3. The Hall–Kier alpha value is -1.50. The molecule has 1 rings (SSSR count). The Morgan fingerprint density at radius 3 is 2.50 bits per heavy atom. The predicted molar refractivity (Wildman–Crippen MR) is 56.7 cm³/mol. The fourth-order valence-electron chi connectivity index (χ4n) is 0.993. The number of hydrogen-bond donors (Lipinski definition) is 3. The van der Waals surface area contributed by atoms with Crippen LogP contribution in [-0.4, -0.2) is 40.7 Å². The van der Waals surface area contributed by atoms with Crippen LogP contribution in [0.4, 0.5) is 20.4 Å². The molecule has 0 aliphatic carbocycles. The summed E-state index contributed by atoms with van der Waals surface area (Å²) < 4.78 is 25.4. The van der Waals surface area contributed by atoms with Crippen molar-refractivity contribution in [1.82, 2.24) is 9.97 Å². The molecule has 0 bridgehead atoms. The van der Waals surface area contributed by atoms with Crippen LogP contribution >= 0.6 is 0 Å². The fourth-order valence-corrected chi connectivity index (χ4v) is 0.993. The summed E-state index contributed by atoms with van der Waals surface area (Å²) in [4.78, 5) is 7.84. The summed E-state index contributed by atoms with van der Waals surface area (Å²) in [5, 5.41) is 13.7. The molecule has 0 aliphatic rings. The Morgan fingerprint density at radius 2 is 1.94 bits per heavy atom. The van der Waals surface area contributed by atoms with Crippen LogP contribution in [0.15, 0.2) is 12.4 Å². The number of nitrogens with zero attached hydrogens (tertiary/aromatic N) is 2. The molecular formula is C9H14F2N4O. The van der Waals surface area contributed by atoms with E-state index < -0.39 is 19.1 Å². The minimum Gasteiger partial charge on any atom is -0.390 e. The van der Waals surface area contributed by atoms with Crippen LogP contribution in [0, 0.1) is 0 Å². The van der Waals surface area contributed by atoms with E-state index in [1.807, 2.05) is 6.92 Å². The van der Waals surface area contributed by atoms with Crippen molar-refractivity contribution in [3.05, 3.63) is 12.4 Å². The van der Waals surface area contributed by atoms with Gasteiger partial charge in [0.2, 0.25) is 0 Å². The number of nitrogens with one attached hydrogen (secondary N) is 2. The first-order valence-electron chi connectivity index (χ1n) is 4.86. The van der Waals surface area contributed by atoms with Gasteiger partial charge in [0, 0.05) is 6.54 Å². The van der Waals surface area contributed by atoms with Gasteiger partial charge < -0.3 is 15.7 Å². The standard InChI is InChI=1S/C9H14F2N4O/c1-2-13-7-3-12-4-8(15-7)14-5-9(10,11)6-16/h3-4,16H,2,5-6H2,1H3,(H2,13,14,15). The van der Waals surface area contributed by atoms with Gasteiger partial charge in [-0.1, -0.05) is 0 Å². The van der Waals surface area contributed by atoms with Crippen LogP contribution in [0.25, 0.3) is 0 Å². The molecule has 0 aromatic carbocycles. The highest BCUT2D eigenvalue weighted by Gasteiger charge is 2.27. The van der Waals surface area contributed by atoms with Crippen LogP contribution in [-0.2, 0) is 0 Å². The second kappa shape index (κ2) is 5.55. The van der Waals surface area contributed by atoms with Crippen molar-refractivity contribution in [2.75, 3.05) is 30.3 Å². The molecule has 7 heteroatoms. The zero-order valence-electron chi connectivity index (χ0n) is 8.87. The van der Waals surface area contributed by atoms with Gasteiger partial charge in [-0.05, 0) is 6.92 Å². The molecule has 0 unspecified atom stereocenters. The fraction of sp³-hybridized carbons (Fsp3) is 0.556. The Kier molecular flexibility index (Phi) is 4.36. The van der Waals surface area contributed by atoms with E-state index in [2.05, 4.69) is 20.6 Å². The second-order valence-corrected chi connectivity index (χ2v) is 3.19. The molecule has 0 fully saturated rings. The van der Waals surface area contributed by atoms with Gasteiger partial charge in [-0.2, -0.15) is 0 Å². The summed E-state index contributed by atoms with van der Waals surface area (Å²) in [7, 11) is 0. The Bertz CT molecular complexity index is 335. The van der Waals surface area contributed by atoms with Crippen LogP contribution < -0.4 is 10.6 Å². The first-order chi connectivity index (χ1) is 7.57. The zero-order chi connectivity index (χ0) is 12.0. The quantitative estimate of drug-likeness (QED) is 0.681. The lowest BCUT2D eigenvalue weighted by Gasteiger charge is -2.14. The van der Waals surface area contributed by atoms with Crippen LogP contribution in [0.5, 0.6) is 0 Å². The molecule has 0 saturated carbocycles. The molecule has 0 spiro atoms. The Morgan fingerprint density at radius 1 is 1.31 bits per heavy atom. The first-order valence-corrected chi connectivity index (χ1v) is 4.86. The molecule has 1 aromatic rings. The Labute approximate surface area is 91.9 Å². The molecule has 0 aliphatic heterocycles. The topological polar surface area (TPSA) is 70.1 Å². The summed E-state index contributed by atoms with van der Waals surface area (Å²) in [5.41, 5.74) is 0. The number of aliphatic hydroxyl groups is 1. The average Bonchev–Trinajstić information content (AvgIpc) is 2.28. The molecule has 1 aromatic heterocycles. The van der Waals surface area contributed by atoms with Crippen LogP contribution in [0.2, 0.25) is 0 Å². The van der Waals surface area contributed by atoms with Crippen LogP contribution in [0.3, 0.4) is 0 Å². The van der Waals surface area contributed by atoms with Gasteiger partial charge in [0.15, 0.2) is 0 Å². The predicted octanol–water partition coefficient (Wildman–Crippen LogP) is 0.948. The van der Waals surface area contributed by atoms with E-state index in [0.29, 0.717) is 12.4 Å². The van der Waals surface area contributed by atoms with Gasteiger partial charge in [0.05, 0.1) is 18.9 Å². The highest BCUT2D eigenvalue weighted by Crippen LogP contribution is 2.13. The number of hydrogen-bond acceptors (Lipinski definition) is 5. The molecule has 0 saturated heterocycles. The van der Waals surface area contributed by atoms with Crippen molar-refractivity contribution in [2.24, 2.45) is 0 Å². The van der Waals surface area contributed by atoms with E-state index in [1.165, 1.54) is 12.4 Å². The molecular weight excluding hydrogens is 218 g/mol. The minimum absolute atomic E-state index is 0.242. The summed E-state index contributed by atoms with van der Waals surface area (Å²) in [6, 6.07) is 0. The first kappa shape index (κ1) is 12.6. The van der Waals surface area contributed by atoms with Gasteiger partial charge >= 0.3 is 0 Å². The Balaban J connectivity index is 2.57. The number of anilines is 2. The van der Waals surface area contributed by atoms with E-state index in [0.717, 1.165) is 0 Å². The van der Waals surface area contributed by atoms with E-state index in [1.54, 1.807) is 0 Å². The monoisotopic (exact) mass is 232 g/mol. The number of rotatable bonds is 6. The maximum absolute atomic E-state index is 12.7. The average molecular weight is 232 g/mol. The molecule has 3 N–H and O–H groups in total. The molecule has 90 valence electrons.